The molecule has 0 aliphatic rings. The quantitative estimate of drug-likeness (QED) is 0.817. The predicted octanol–water partition coefficient (Wildman–Crippen LogP) is 2.47. The molecule has 0 fully saturated rings. The van der Waals surface area contributed by atoms with Gasteiger partial charge >= 0.3 is 0 Å². The summed E-state index contributed by atoms with van der Waals surface area (Å²) >= 11 is 0. The van der Waals surface area contributed by atoms with Crippen molar-refractivity contribution in [2.24, 2.45) is 0 Å². The molecule has 0 radical (unpaired) electrons. The van der Waals surface area contributed by atoms with Gasteiger partial charge in [-0.05, 0) is 37.1 Å². The molecule has 0 atom stereocenters. The third kappa shape index (κ3) is 2.25. The first-order valence-electron chi connectivity index (χ1n) is 5.90. The van der Waals surface area contributed by atoms with Crippen LogP contribution in [0, 0.1) is 13.8 Å². The van der Waals surface area contributed by atoms with Gasteiger partial charge < -0.3 is 0 Å². The minimum atomic E-state index is -4.47. The number of aryl methyl sites for hydroxylation is 2. The second-order valence-electron chi connectivity index (χ2n) is 4.44. The molecule has 0 aliphatic carbocycles. The van der Waals surface area contributed by atoms with E-state index in [1.807, 2.05) is 0 Å². The van der Waals surface area contributed by atoms with E-state index in [9.17, 15) is 16.8 Å². The lowest BCUT2D eigenvalue weighted by Gasteiger charge is -2.10. The van der Waals surface area contributed by atoms with Crippen molar-refractivity contribution in [2.45, 2.75) is 23.6 Å². The summed E-state index contributed by atoms with van der Waals surface area (Å²) in [5, 5.41) is 0. The zero-order chi connectivity index (χ0) is 15.0. The van der Waals surface area contributed by atoms with Crippen LogP contribution < -0.4 is 0 Å². The summed E-state index contributed by atoms with van der Waals surface area (Å²) in [5.41, 5.74) is 0.814. The highest BCUT2D eigenvalue weighted by Gasteiger charge is 2.35. The Bertz CT molecular complexity index is 777. The Kier molecular flexibility index (Phi) is 3.71. The van der Waals surface area contributed by atoms with E-state index in [2.05, 4.69) is 0 Å². The number of hydrogen-bond donors (Lipinski definition) is 0. The Labute approximate surface area is 118 Å². The van der Waals surface area contributed by atoms with E-state index in [1.54, 1.807) is 38.1 Å². The van der Waals surface area contributed by atoms with E-state index in [0.29, 0.717) is 11.1 Å². The SMILES string of the molecule is Cc1ccccc1S(=O)(=O)S(=O)(=O)c1ccccc1C. The van der Waals surface area contributed by atoms with Gasteiger partial charge in [0.2, 0.25) is 0 Å². The molecule has 0 amide bonds. The molecule has 2 aromatic rings. The highest BCUT2D eigenvalue weighted by Crippen LogP contribution is 2.28. The number of benzene rings is 2. The maximum atomic E-state index is 12.4. The number of rotatable bonds is 3. The average Bonchev–Trinajstić information content (AvgIpc) is 2.39. The molecule has 0 aliphatic heterocycles. The van der Waals surface area contributed by atoms with E-state index in [1.165, 1.54) is 24.3 Å². The maximum Gasteiger partial charge on any atom is 0.286 e. The molecule has 2 aromatic carbocycles. The van der Waals surface area contributed by atoms with Crippen molar-refractivity contribution in [3.05, 3.63) is 59.7 Å². The normalized spacial score (nSPS) is 12.3. The van der Waals surface area contributed by atoms with Gasteiger partial charge in [0.15, 0.2) is 0 Å². The van der Waals surface area contributed by atoms with Gasteiger partial charge in [-0.25, -0.2) is 16.8 Å². The van der Waals surface area contributed by atoms with Crippen molar-refractivity contribution >= 4 is 17.7 Å². The van der Waals surface area contributed by atoms with Gasteiger partial charge in [-0.15, -0.1) is 0 Å². The topological polar surface area (TPSA) is 68.3 Å². The highest BCUT2D eigenvalue weighted by molar-refractivity contribution is 8.67. The first kappa shape index (κ1) is 14.7. The Balaban J connectivity index is 2.73. The van der Waals surface area contributed by atoms with Crippen LogP contribution in [-0.4, -0.2) is 16.8 Å². The minimum absolute atomic E-state index is 0.178. The van der Waals surface area contributed by atoms with E-state index < -0.39 is 17.7 Å². The largest absolute Gasteiger partial charge is 0.286 e. The molecule has 0 heterocycles. The summed E-state index contributed by atoms with van der Waals surface area (Å²) in [6.45, 7) is 3.14. The molecule has 0 saturated heterocycles. The molecule has 4 nitrogen and oxygen atoms in total. The summed E-state index contributed by atoms with van der Waals surface area (Å²) < 4.78 is 49.8. The van der Waals surface area contributed by atoms with Crippen LogP contribution in [0.15, 0.2) is 58.3 Å². The van der Waals surface area contributed by atoms with Crippen LogP contribution in [0.25, 0.3) is 0 Å². The standard InChI is InChI=1S/C14H14O4S2/c1-11-7-3-5-9-13(11)19(15,16)20(17,18)14-10-6-4-8-12(14)2/h3-10H,1-2H3. The lowest BCUT2D eigenvalue weighted by atomic mass is 10.2. The van der Waals surface area contributed by atoms with E-state index >= 15 is 0 Å². The van der Waals surface area contributed by atoms with Crippen LogP contribution in [0.2, 0.25) is 0 Å². The smallest absolute Gasteiger partial charge is 0.207 e. The molecule has 106 valence electrons. The molecule has 6 heteroatoms. The second-order valence-corrected chi connectivity index (χ2v) is 9.77. The van der Waals surface area contributed by atoms with Crippen LogP contribution in [0.1, 0.15) is 11.1 Å². The van der Waals surface area contributed by atoms with E-state index in [4.69, 9.17) is 0 Å². The Morgan fingerprint density at radius 2 is 0.900 bits per heavy atom. The summed E-state index contributed by atoms with van der Waals surface area (Å²) in [7, 11) is -8.95. The fraction of sp³-hybridized carbons (Fsp3) is 0.143. The Morgan fingerprint density at radius 3 is 1.20 bits per heavy atom. The van der Waals surface area contributed by atoms with Crippen LogP contribution in [0.5, 0.6) is 0 Å². The maximum absolute atomic E-state index is 12.4. The van der Waals surface area contributed by atoms with Gasteiger partial charge in [-0.1, -0.05) is 36.4 Å². The minimum Gasteiger partial charge on any atom is -0.207 e. The van der Waals surface area contributed by atoms with Crippen molar-refractivity contribution in [1.29, 1.82) is 0 Å². The van der Waals surface area contributed by atoms with Gasteiger partial charge in [0.1, 0.15) is 0 Å². The zero-order valence-corrected chi connectivity index (χ0v) is 12.7. The Hall–Kier alpha value is -1.66. The fourth-order valence-electron chi connectivity index (χ4n) is 1.91. The third-order valence-corrected chi connectivity index (χ3v) is 8.40. The lowest BCUT2D eigenvalue weighted by Crippen LogP contribution is -2.18. The molecule has 2 rings (SSSR count). The van der Waals surface area contributed by atoms with Gasteiger partial charge in [0, 0.05) is 0 Å². The molecule has 0 aromatic heterocycles. The molecular weight excluding hydrogens is 296 g/mol. The first-order chi connectivity index (χ1) is 9.28. The average molecular weight is 310 g/mol. The lowest BCUT2D eigenvalue weighted by molar-refractivity contribution is 0.582. The molecular formula is C14H14O4S2. The summed E-state index contributed by atoms with van der Waals surface area (Å²) in [6, 6.07) is 12.1. The zero-order valence-electron chi connectivity index (χ0n) is 11.1. The van der Waals surface area contributed by atoms with Gasteiger partial charge in [-0.2, -0.15) is 0 Å². The van der Waals surface area contributed by atoms with Gasteiger partial charge in [0.05, 0.1) is 9.79 Å². The van der Waals surface area contributed by atoms with Crippen molar-refractivity contribution in [3.63, 3.8) is 0 Å². The first-order valence-corrected chi connectivity index (χ1v) is 9.38. The Morgan fingerprint density at radius 1 is 0.600 bits per heavy atom. The summed E-state index contributed by atoms with van der Waals surface area (Å²) in [5.74, 6) is 0. The molecule has 0 N–H and O–H groups in total. The van der Waals surface area contributed by atoms with E-state index in [0.717, 1.165) is 0 Å². The molecule has 0 unspecified atom stereocenters. The predicted molar refractivity (Wildman–Crippen MR) is 76.7 cm³/mol. The van der Waals surface area contributed by atoms with Crippen LogP contribution in [-0.2, 0) is 17.7 Å². The summed E-state index contributed by atoms with van der Waals surface area (Å²) in [6.07, 6.45) is 0. The van der Waals surface area contributed by atoms with Crippen molar-refractivity contribution in [3.8, 4) is 0 Å². The molecule has 0 saturated carbocycles. The molecule has 0 spiro atoms. The fourth-order valence-corrected chi connectivity index (χ4v) is 6.34. The third-order valence-electron chi connectivity index (χ3n) is 3.01. The molecule has 0 bridgehead atoms. The summed E-state index contributed by atoms with van der Waals surface area (Å²) in [4.78, 5) is -0.355. The van der Waals surface area contributed by atoms with Gasteiger partial charge in [-0.3, -0.25) is 0 Å². The number of hydrogen-bond acceptors (Lipinski definition) is 4. The van der Waals surface area contributed by atoms with E-state index in [-0.39, 0.29) is 9.79 Å². The van der Waals surface area contributed by atoms with Crippen molar-refractivity contribution in [2.75, 3.05) is 0 Å². The van der Waals surface area contributed by atoms with Crippen molar-refractivity contribution in [1.82, 2.24) is 0 Å². The monoisotopic (exact) mass is 310 g/mol. The molecule has 20 heavy (non-hydrogen) atoms. The van der Waals surface area contributed by atoms with Crippen LogP contribution >= 0.6 is 0 Å². The van der Waals surface area contributed by atoms with Crippen molar-refractivity contribution < 1.29 is 16.8 Å². The highest BCUT2D eigenvalue weighted by atomic mass is 33.2. The van der Waals surface area contributed by atoms with Crippen LogP contribution in [0.3, 0.4) is 0 Å². The van der Waals surface area contributed by atoms with Crippen LogP contribution in [0.4, 0.5) is 0 Å². The van der Waals surface area contributed by atoms with Gasteiger partial charge in [0.25, 0.3) is 17.7 Å². The second kappa shape index (κ2) is 5.03.